The first kappa shape index (κ1) is 24.1. The number of hydrogen-bond donors (Lipinski definition) is 2. The molecule has 0 aliphatic rings. The molecule has 5 rings (SSSR count). The van der Waals surface area contributed by atoms with E-state index in [2.05, 4.69) is 10.3 Å². The molecule has 2 aromatic carbocycles. The molecule has 0 spiro atoms. The second kappa shape index (κ2) is 10.6. The van der Waals surface area contributed by atoms with Gasteiger partial charge in [-0.1, -0.05) is 35.9 Å². The van der Waals surface area contributed by atoms with E-state index in [1.54, 1.807) is 65.7 Å². The second-order valence-corrected chi connectivity index (χ2v) is 8.88. The lowest BCUT2D eigenvalue weighted by Gasteiger charge is -2.14. The van der Waals surface area contributed by atoms with Crippen LogP contribution in [0.15, 0.2) is 96.1 Å². The molecular formula is C28H22ClN3O5. The topological polar surface area (TPSA) is 106 Å². The molecule has 0 fully saturated rings. The van der Waals surface area contributed by atoms with Crippen LogP contribution in [0.5, 0.6) is 5.75 Å². The van der Waals surface area contributed by atoms with E-state index in [9.17, 15) is 14.7 Å². The SMILES string of the molecule is O=C(N[C@@H](Cc1ccc(OCc2ccoc2)cc1)C(=O)O)c1cn2ccc(-c3ccc(Cl)cc3)cc2n1. The molecular weight excluding hydrogens is 494 g/mol. The Labute approximate surface area is 217 Å². The Morgan fingerprint density at radius 1 is 1.03 bits per heavy atom. The van der Waals surface area contributed by atoms with Crippen molar-refractivity contribution in [3.8, 4) is 16.9 Å². The molecule has 5 aromatic rings. The fourth-order valence-corrected chi connectivity index (χ4v) is 3.97. The van der Waals surface area contributed by atoms with Crippen molar-refractivity contribution in [2.75, 3.05) is 0 Å². The highest BCUT2D eigenvalue weighted by Crippen LogP contribution is 2.23. The maximum Gasteiger partial charge on any atom is 0.326 e. The molecule has 0 radical (unpaired) electrons. The van der Waals surface area contributed by atoms with Gasteiger partial charge in [0.05, 0.1) is 12.5 Å². The van der Waals surface area contributed by atoms with Crippen molar-refractivity contribution in [1.29, 1.82) is 0 Å². The zero-order valence-electron chi connectivity index (χ0n) is 19.5. The molecule has 1 amide bonds. The van der Waals surface area contributed by atoms with E-state index in [1.807, 2.05) is 30.3 Å². The molecule has 0 unspecified atom stereocenters. The molecule has 0 aliphatic carbocycles. The third-order valence-corrected chi connectivity index (χ3v) is 6.07. The lowest BCUT2D eigenvalue weighted by atomic mass is 10.1. The summed E-state index contributed by atoms with van der Waals surface area (Å²) >= 11 is 5.97. The van der Waals surface area contributed by atoms with E-state index in [0.717, 1.165) is 22.3 Å². The van der Waals surface area contributed by atoms with Crippen LogP contribution in [-0.2, 0) is 17.8 Å². The summed E-state index contributed by atoms with van der Waals surface area (Å²) in [6, 6.07) is 18.9. The quantitative estimate of drug-likeness (QED) is 0.277. The summed E-state index contributed by atoms with van der Waals surface area (Å²) in [6.07, 6.45) is 6.66. The van der Waals surface area contributed by atoms with Gasteiger partial charge in [-0.2, -0.15) is 0 Å². The first-order chi connectivity index (χ1) is 17.9. The summed E-state index contributed by atoms with van der Waals surface area (Å²) < 4.78 is 12.4. The molecule has 186 valence electrons. The van der Waals surface area contributed by atoms with Gasteiger partial charge in [0.25, 0.3) is 5.91 Å². The van der Waals surface area contributed by atoms with E-state index in [4.69, 9.17) is 20.8 Å². The second-order valence-electron chi connectivity index (χ2n) is 8.45. The Morgan fingerprint density at radius 2 is 1.81 bits per heavy atom. The first-order valence-electron chi connectivity index (χ1n) is 11.5. The van der Waals surface area contributed by atoms with Crippen molar-refractivity contribution in [2.24, 2.45) is 0 Å². The van der Waals surface area contributed by atoms with E-state index < -0.39 is 17.9 Å². The van der Waals surface area contributed by atoms with Gasteiger partial charge in [0.15, 0.2) is 0 Å². The highest BCUT2D eigenvalue weighted by molar-refractivity contribution is 6.30. The zero-order valence-corrected chi connectivity index (χ0v) is 20.3. The molecule has 1 atom stereocenters. The van der Waals surface area contributed by atoms with Crippen LogP contribution in [0, 0.1) is 0 Å². The van der Waals surface area contributed by atoms with E-state index in [-0.39, 0.29) is 12.1 Å². The number of aromatic nitrogens is 2. The minimum Gasteiger partial charge on any atom is -0.489 e. The number of rotatable bonds is 9. The van der Waals surface area contributed by atoms with Crippen molar-refractivity contribution < 1.29 is 23.8 Å². The molecule has 0 bridgehead atoms. The van der Waals surface area contributed by atoms with E-state index in [0.29, 0.717) is 23.0 Å². The number of ether oxygens (including phenoxy) is 1. The van der Waals surface area contributed by atoms with Gasteiger partial charge in [-0.15, -0.1) is 0 Å². The lowest BCUT2D eigenvalue weighted by molar-refractivity contribution is -0.139. The summed E-state index contributed by atoms with van der Waals surface area (Å²) in [7, 11) is 0. The Hall–Kier alpha value is -4.56. The number of nitrogens with one attached hydrogen (secondary N) is 1. The smallest absolute Gasteiger partial charge is 0.326 e. The Balaban J connectivity index is 1.25. The minimum atomic E-state index is -1.14. The van der Waals surface area contributed by atoms with Crippen LogP contribution in [0.3, 0.4) is 0 Å². The molecule has 9 heteroatoms. The van der Waals surface area contributed by atoms with Crippen molar-refractivity contribution in [3.05, 3.63) is 113 Å². The fourth-order valence-electron chi connectivity index (χ4n) is 3.84. The molecule has 0 saturated carbocycles. The average Bonchev–Trinajstić information content (AvgIpc) is 3.58. The molecule has 0 saturated heterocycles. The predicted molar refractivity (Wildman–Crippen MR) is 138 cm³/mol. The number of nitrogens with zero attached hydrogens (tertiary/aromatic N) is 2. The number of imidazole rings is 1. The zero-order chi connectivity index (χ0) is 25.8. The van der Waals surface area contributed by atoms with Crippen molar-refractivity contribution in [1.82, 2.24) is 14.7 Å². The van der Waals surface area contributed by atoms with Crippen LogP contribution in [0.1, 0.15) is 21.6 Å². The standard InChI is InChI=1S/C28H22ClN3O5/c29-22-5-3-20(4-6-22)21-9-11-32-15-25(30-26(32)14-21)27(33)31-24(28(34)35)13-18-1-7-23(8-2-18)37-17-19-10-12-36-16-19/h1-12,14-16,24H,13,17H2,(H,31,33)(H,34,35)/t24-/m0/s1. The van der Waals surface area contributed by atoms with Crippen LogP contribution in [0.25, 0.3) is 16.8 Å². The molecule has 8 nitrogen and oxygen atoms in total. The Bertz CT molecular complexity index is 1530. The van der Waals surface area contributed by atoms with Gasteiger partial charge >= 0.3 is 5.97 Å². The number of furan rings is 1. The van der Waals surface area contributed by atoms with Crippen LogP contribution < -0.4 is 10.1 Å². The number of aliphatic carboxylic acids is 1. The summed E-state index contributed by atoms with van der Waals surface area (Å²) in [5, 5.41) is 12.9. The van der Waals surface area contributed by atoms with Crippen molar-refractivity contribution in [2.45, 2.75) is 19.1 Å². The van der Waals surface area contributed by atoms with Crippen molar-refractivity contribution >= 4 is 29.1 Å². The van der Waals surface area contributed by atoms with Gasteiger partial charge in [0.1, 0.15) is 29.7 Å². The highest BCUT2D eigenvalue weighted by Gasteiger charge is 2.23. The summed E-state index contributed by atoms with van der Waals surface area (Å²) in [5.41, 5.74) is 4.22. The van der Waals surface area contributed by atoms with Gasteiger partial charge < -0.3 is 24.0 Å². The molecule has 3 aromatic heterocycles. The van der Waals surface area contributed by atoms with Crippen molar-refractivity contribution in [3.63, 3.8) is 0 Å². The monoisotopic (exact) mass is 515 g/mol. The third kappa shape index (κ3) is 5.82. The number of halogens is 1. The summed E-state index contributed by atoms with van der Waals surface area (Å²) in [5.74, 6) is -1.06. The van der Waals surface area contributed by atoms with Gasteiger partial charge in [-0.05, 0) is 59.2 Å². The number of carboxylic acids is 1. The number of amides is 1. The number of carbonyl (C=O) groups excluding carboxylic acids is 1. The minimum absolute atomic E-state index is 0.108. The molecule has 3 heterocycles. The van der Waals surface area contributed by atoms with Crippen LogP contribution in [0.4, 0.5) is 0 Å². The van der Waals surface area contributed by atoms with Crippen LogP contribution in [-0.4, -0.2) is 32.4 Å². The number of fused-ring (bicyclic) bond motifs is 1. The predicted octanol–water partition coefficient (Wildman–Crippen LogP) is 5.25. The fraction of sp³-hybridized carbons (Fsp3) is 0.107. The Kier molecular flexibility index (Phi) is 6.91. The van der Waals surface area contributed by atoms with Crippen LogP contribution >= 0.6 is 11.6 Å². The number of pyridine rings is 1. The summed E-state index contributed by atoms with van der Waals surface area (Å²) in [6.45, 7) is 0.365. The van der Waals surface area contributed by atoms with Gasteiger partial charge in [0.2, 0.25) is 0 Å². The number of carbonyl (C=O) groups is 2. The maximum atomic E-state index is 12.9. The van der Waals surface area contributed by atoms with E-state index >= 15 is 0 Å². The van der Waals surface area contributed by atoms with E-state index in [1.165, 1.54) is 0 Å². The van der Waals surface area contributed by atoms with Gasteiger partial charge in [0, 0.05) is 29.4 Å². The van der Waals surface area contributed by atoms with Crippen LogP contribution in [0.2, 0.25) is 5.02 Å². The normalized spacial score (nSPS) is 11.8. The third-order valence-electron chi connectivity index (χ3n) is 5.82. The molecule has 0 aliphatic heterocycles. The average molecular weight is 516 g/mol. The number of hydrogen-bond acceptors (Lipinski definition) is 5. The summed E-state index contributed by atoms with van der Waals surface area (Å²) in [4.78, 5) is 29.2. The maximum absolute atomic E-state index is 12.9. The van der Waals surface area contributed by atoms with Gasteiger partial charge in [-0.3, -0.25) is 4.79 Å². The Morgan fingerprint density at radius 3 is 2.51 bits per heavy atom. The highest BCUT2D eigenvalue weighted by atomic mass is 35.5. The number of benzene rings is 2. The molecule has 37 heavy (non-hydrogen) atoms. The largest absolute Gasteiger partial charge is 0.489 e. The first-order valence-corrected chi connectivity index (χ1v) is 11.8. The number of carboxylic acid groups (broad SMARTS) is 1. The van der Waals surface area contributed by atoms with Gasteiger partial charge in [-0.25, -0.2) is 9.78 Å². The lowest BCUT2D eigenvalue weighted by Crippen LogP contribution is -2.42. The molecule has 2 N–H and O–H groups in total.